The van der Waals surface area contributed by atoms with Crippen molar-refractivity contribution in [2.24, 2.45) is 0 Å². The predicted molar refractivity (Wildman–Crippen MR) is 114 cm³/mol. The molecule has 1 aromatic carbocycles. The molecule has 0 atom stereocenters. The summed E-state index contributed by atoms with van der Waals surface area (Å²) in [7, 11) is -4.21. The molecule has 0 unspecified atom stereocenters. The van der Waals surface area contributed by atoms with E-state index < -0.39 is 35.8 Å². The van der Waals surface area contributed by atoms with Crippen molar-refractivity contribution in [2.75, 3.05) is 13.3 Å². The molecule has 6 nitrogen and oxygen atoms in total. The number of halogens is 4. The predicted octanol–water partition coefficient (Wildman–Crippen LogP) is 4.82. The Morgan fingerprint density at radius 1 is 1.18 bits per heavy atom. The molecule has 0 radical (unpaired) electrons. The van der Waals surface area contributed by atoms with Crippen LogP contribution in [0.3, 0.4) is 0 Å². The van der Waals surface area contributed by atoms with E-state index in [0.717, 1.165) is 25.5 Å². The fraction of sp³-hybridized carbons (Fsp3) is 0.364. The molecule has 0 amide bonds. The summed E-state index contributed by atoms with van der Waals surface area (Å²) >= 11 is 0. The highest BCUT2D eigenvalue weighted by atomic mass is 32.2. The number of hydrogen-bond acceptors (Lipinski definition) is 4. The molecular weight excluding hydrogens is 460 g/mol. The molecule has 1 aliphatic rings. The molecule has 1 aliphatic carbocycles. The number of rotatable bonds is 8. The molecule has 174 valence electrons. The lowest BCUT2D eigenvalue weighted by Gasteiger charge is -2.30. The molecule has 2 aromatic heterocycles. The quantitative estimate of drug-likeness (QED) is 0.468. The van der Waals surface area contributed by atoms with Gasteiger partial charge < -0.3 is 4.57 Å². The zero-order valence-corrected chi connectivity index (χ0v) is 18.1. The average Bonchev–Trinajstić information content (AvgIpc) is 3.09. The Kier molecular flexibility index (Phi) is 6.41. The first-order valence-electron chi connectivity index (χ1n) is 10.3. The number of nitriles is 1. The Morgan fingerprint density at radius 3 is 2.42 bits per heavy atom. The SMILES string of the molecule is N#Cc1c(-c2ccc(S(=O)(=O)NC(CF)CF)cn2)n(C2CCC2)c2ccc(C(F)F)cc12. The van der Waals surface area contributed by atoms with Crippen LogP contribution in [0.4, 0.5) is 17.6 Å². The minimum Gasteiger partial charge on any atom is -0.335 e. The number of nitrogens with zero attached hydrogens (tertiary/aromatic N) is 3. The summed E-state index contributed by atoms with van der Waals surface area (Å²) in [5, 5.41) is 10.3. The Balaban J connectivity index is 1.83. The van der Waals surface area contributed by atoms with Crippen LogP contribution in [0.25, 0.3) is 22.3 Å². The number of nitrogens with one attached hydrogen (secondary N) is 1. The maximum atomic E-state index is 13.3. The van der Waals surface area contributed by atoms with Gasteiger partial charge in [-0.1, -0.05) is 6.07 Å². The first-order valence-corrected chi connectivity index (χ1v) is 11.8. The number of aromatic nitrogens is 2. The highest BCUT2D eigenvalue weighted by Crippen LogP contribution is 2.42. The molecule has 0 saturated heterocycles. The van der Waals surface area contributed by atoms with Crippen molar-refractivity contribution in [1.29, 1.82) is 5.26 Å². The highest BCUT2D eigenvalue weighted by Gasteiger charge is 2.29. The minimum atomic E-state index is -4.21. The summed E-state index contributed by atoms with van der Waals surface area (Å²) in [6.45, 7) is -2.40. The van der Waals surface area contributed by atoms with E-state index in [-0.39, 0.29) is 22.1 Å². The van der Waals surface area contributed by atoms with Gasteiger partial charge in [0.1, 0.15) is 24.3 Å². The fourth-order valence-electron chi connectivity index (χ4n) is 3.93. The Hall–Kier alpha value is -2.97. The summed E-state index contributed by atoms with van der Waals surface area (Å²) in [6, 6.07) is 7.47. The van der Waals surface area contributed by atoms with Gasteiger partial charge in [0.2, 0.25) is 10.0 Å². The lowest BCUT2D eigenvalue weighted by molar-refractivity contribution is 0.151. The Morgan fingerprint density at radius 2 is 1.91 bits per heavy atom. The molecule has 3 aromatic rings. The van der Waals surface area contributed by atoms with Gasteiger partial charge in [-0.3, -0.25) is 4.98 Å². The van der Waals surface area contributed by atoms with Gasteiger partial charge in [0, 0.05) is 23.2 Å². The monoisotopic (exact) mass is 480 g/mol. The molecule has 1 N–H and O–H groups in total. The number of pyridine rings is 1. The van der Waals surface area contributed by atoms with Crippen LogP contribution in [0.5, 0.6) is 0 Å². The summed E-state index contributed by atoms with van der Waals surface area (Å²) in [5.41, 5.74) is 1.32. The molecule has 0 bridgehead atoms. The van der Waals surface area contributed by atoms with Gasteiger partial charge >= 0.3 is 0 Å². The maximum absolute atomic E-state index is 13.3. The zero-order chi connectivity index (χ0) is 23.8. The zero-order valence-electron chi connectivity index (χ0n) is 17.3. The van der Waals surface area contributed by atoms with Crippen molar-refractivity contribution in [3.63, 3.8) is 0 Å². The first-order chi connectivity index (χ1) is 15.8. The van der Waals surface area contributed by atoms with Crippen molar-refractivity contribution in [2.45, 2.75) is 42.7 Å². The van der Waals surface area contributed by atoms with Crippen LogP contribution in [0.1, 0.15) is 42.9 Å². The summed E-state index contributed by atoms with van der Waals surface area (Å²) in [4.78, 5) is 3.92. The van der Waals surface area contributed by atoms with Crippen molar-refractivity contribution in [3.8, 4) is 17.5 Å². The van der Waals surface area contributed by atoms with Crippen molar-refractivity contribution >= 4 is 20.9 Å². The molecule has 0 spiro atoms. The van der Waals surface area contributed by atoms with Crippen molar-refractivity contribution in [1.82, 2.24) is 14.3 Å². The molecule has 2 heterocycles. The smallest absolute Gasteiger partial charge is 0.263 e. The fourth-order valence-corrected chi connectivity index (χ4v) is 5.07. The van der Waals surface area contributed by atoms with Crippen LogP contribution in [-0.2, 0) is 10.0 Å². The van der Waals surface area contributed by atoms with E-state index in [9.17, 15) is 31.2 Å². The third-order valence-electron chi connectivity index (χ3n) is 5.81. The van der Waals surface area contributed by atoms with Crippen LogP contribution >= 0.6 is 0 Å². The second-order valence-corrected chi connectivity index (χ2v) is 9.59. The number of fused-ring (bicyclic) bond motifs is 1. The van der Waals surface area contributed by atoms with Gasteiger partial charge in [-0.2, -0.15) is 5.26 Å². The van der Waals surface area contributed by atoms with Gasteiger partial charge in [-0.25, -0.2) is 30.7 Å². The van der Waals surface area contributed by atoms with Gasteiger partial charge in [0.15, 0.2) is 0 Å². The minimum absolute atomic E-state index is 0.0590. The van der Waals surface area contributed by atoms with Gasteiger partial charge in [-0.05, 0) is 43.5 Å². The van der Waals surface area contributed by atoms with E-state index in [2.05, 4.69) is 11.1 Å². The van der Waals surface area contributed by atoms with Gasteiger partial charge in [0.05, 0.1) is 28.5 Å². The maximum Gasteiger partial charge on any atom is 0.263 e. The molecule has 11 heteroatoms. The van der Waals surface area contributed by atoms with Gasteiger partial charge in [-0.15, -0.1) is 0 Å². The Labute approximate surface area is 187 Å². The Bertz CT molecular complexity index is 1310. The lowest BCUT2D eigenvalue weighted by Crippen LogP contribution is -2.37. The average molecular weight is 480 g/mol. The number of benzene rings is 1. The van der Waals surface area contributed by atoms with E-state index in [1.165, 1.54) is 24.3 Å². The summed E-state index contributed by atoms with van der Waals surface area (Å²) < 4.78 is 80.7. The second-order valence-electron chi connectivity index (χ2n) is 7.87. The summed E-state index contributed by atoms with van der Waals surface area (Å²) in [5.74, 6) is 0. The van der Waals surface area contributed by atoms with E-state index in [0.29, 0.717) is 22.3 Å². The third-order valence-corrected chi connectivity index (χ3v) is 7.32. The van der Waals surface area contributed by atoms with Gasteiger partial charge in [0.25, 0.3) is 6.43 Å². The number of sulfonamides is 1. The van der Waals surface area contributed by atoms with E-state index >= 15 is 0 Å². The molecule has 4 rings (SSSR count). The molecular formula is C22H20F4N4O2S. The molecule has 0 aliphatic heterocycles. The number of alkyl halides is 4. The third kappa shape index (κ3) is 4.20. The standard InChI is InChI=1S/C22H20F4N4O2S/c23-9-14(10-24)29-33(31,32)16-5-6-19(28-12-16)21-18(11-27)17-8-13(22(25)26)4-7-20(17)30(21)15-2-1-3-15/h4-8,12,14-15,22,29H,1-3,9-10H2. The van der Waals surface area contributed by atoms with E-state index in [4.69, 9.17) is 0 Å². The molecule has 1 fully saturated rings. The molecule has 1 saturated carbocycles. The van der Waals surface area contributed by atoms with Crippen molar-refractivity contribution < 1.29 is 26.0 Å². The van der Waals surface area contributed by atoms with Crippen LogP contribution in [0.15, 0.2) is 41.4 Å². The largest absolute Gasteiger partial charge is 0.335 e. The normalized spacial score (nSPS) is 14.7. The first kappa shape index (κ1) is 23.2. The lowest BCUT2D eigenvalue weighted by atomic mass is 9.92. The van der Waals surface area contributed by atoms with Crippen LogP contribution in [-0.4, -0.2) is 37.4 Å². The molecule has 33 heavy (non-hydrogen) atoms. The summed E-state index contributed by atoms with van der Waals surface area (Å²) in [6.07, 6.45) is 1.04. The topological polar surface area (TPSA) is 87.8 Å². The number of hydrogen-bond donors (Lipinski definition) is 1. The van der Waals surface area contributed by atoms with Crippen LogP contribution < -0.4 is 4.72 Å². The highest BCUT2D eigenvalue weighted by molar-refractivity contribution is 7.89. The second kappa shape index (κ2) is 9.11. The van der Waals surface area contributed by atoms with Crippen LogP contribution in [0, 0.1) is 11.3 Å². The van der Waals surface area contributed by atoms with Crippen LogP contribution in [0.2, 0.25) is 0 Å². The van der Waals surface area contributed by atoms with E-state index in [1.54, 1.807) is 6.07 Å². The van der Waals surface area contributed by atoms with Crippen molar-refractivity contribution in [3.05, 3.63) is 47.7 Å². The van der Waals surface area contributed by atoms with E-state index in [1.807, 2.05) is 9.29 Å².